The maximum absolute atomic E-state index is 12.6. The van der Waals surface area contributed by atoms with Gasteiger partial charge in [-0.25, -0.2) is 13.4 Å². The van der Waals surface area contributed by atoms with E-state index in [4.69, 9.17) is 23.2 Å². The zero-order valence-corrected chi connectivity index (χ0v) is 17.1. The first-order valence-corrected chi connectivity index (χ1v) is 11.4. The quantitative estimate of drug-likeness (QED) is 0.793. The summed E-state index contributed by atoms with van der Waals surface area (Å²) in [5.74, 6) is -0.363. The van der Waals surface area contributed by atoms with Crippen molar-refractivity contribution in [3.8, 4) is 11.3 Å². The summed E-state index contributed by atoms with van der Waals surface area (Å²) in [5, 5.41) is 5.90. The summed E-state index contributed by atoms with van der Waals surface area (Å²) in [6.45, 7) is 0.362. The zero-order valence-electron chi connectivity index (χ0n) is 13.9. The van der Waals surface area contributed by atoms with Crippen LogP contribution in [-0.4, -0.2) is 42.5 Å². The van der Waals surface area contributed by atoms with Crippen molar-refractivity contribution < 1.29 is 13.2 Å². The Morgan fingerprint density at radius 1 is 1.35 bits per heavy atom. The molecule has 0 radical (unpaired) electrons. The lowest BCUT2D eigenvalue weighted by Gasteiger charge is -2.32. The van der Waals surface area contributed by atoms with Crippen LogP contribution in [0.2, 0.25) is 10.0 Å². The Bertz CT molecular complexity index is 931. The average molecular weight is 434 g/mol. The summed E-state index contributed by atoms with van der Waals surface area (Å²) in [6, 6.07) is 4.40. The second-order valence-corrected chi connectivity index (χ2v) is 9.67. The van der Waals surface area contributed by atoms with E-state index in [0.29, 0.717) is 39.4 Å². The monoisotopic (exact) mass is 433 g/mol. The fourth-order valence-electron chi connectivity index (χ4n) is 2.90. The average Bonchev–Trinajstić information content (AvgIpc) is 3.02. The predicted molar refractivity (Wildman–Crippen MR) is 105 cm³/mol. The van der Waals surface area contributed by atoms with Crippen molar-refractivity contribution in [1.29, 1.82) is 0 Å². The molecular formula is C16H17Cl2N3O3S2. The molecule has 1 aromatic heterocycles. The first kappa shape index (κ1) is 19.6. The number of rotatable bonds is 4. The Balaban J connectivity index is 1.77. The number of amides is 1. The first-order valence-electron chi connectivity index (χ1n) is 7.94. The number of benzene rings is 1. The molecule has 6 nitrogen and oxygen atoms in total. The van der Waals surface area contributed by atoms with Crippen LogP contribution in [0.25, 0.3) is 11.3 Å². The van der Waals surface area contributed by atoms with Gasteiger partial charge >= 0.3 is 0 Å². The van der Waals surface area contributed by atoms with Crippen LogP contribution in [0.15, 0.2) is 23.6 Å². The third-order valence-corrected chi connectivity index (χ3v) is 6.72. The van der Waals surface area contributed by atoms with Crippen LogP contribution >= 0.6 is 34.5 Å². The van der Waals surface area contributed by atoms with Gasteiger partial charge in [0.25, 0.3) is 0 Å². The molecule has 140 valence electrons. The van der Waals surface area contributed by atoms with E-state index in [2.05, 4.69) is 10.3 Å². The molecule has 0 saturated carbocycles. The molecule has 1 amide bonds. The highest BCUT2D eigenvalue weighted by molar-refractivity contribution is 7.88. The normalized spacial score (nSPS) is 18.7. The number of nitrogens with one attached hydrogen (secondary N) is 1. The maximum Gasteiger partial charge on any atom is 0.244 e. The lowest BCUT2D eigenvalue weighted by Crippen LogP contribution is -2.49. The molecule has 0 aliphatic carbocycles. The summed E-state index contributed by atoms with van der Waals surface area (Å²) in [4.78, 5) is 17.0. The lowest BCUT2D eigenvalue weighted by molar-refractivity contribution is -0.120. The fourth-order valence-corrected chi connectivity index (χ4v) is 5.25. The number of carbonyl (C=O) groups excluding carboxylic acids is 1. The molecule has 0 bridgehead atoms. The van der Waals surface area contributed by atoms with E-state index in [1.165, 1.54) is 15.6 Å². The number of sulfonamides is 1. The van der Waals surface area contributed by atoms with Crippen molar-refractivity contribution in [3.63, 3.8) is 0 Å². The van der Waals surface area contributed by atoms with Crippen molar-refractivity contribution in [2.45, 2.75) is 25.3 Å². The molecule has 26 heavy (non-hydrogen) atoms. The van der Waals surface area contributed by atoms with Gasteiger partial charge in [-0.05, 0) is 31.0 Å². The van der Waals surface area contributed by atoms with E-state index in [1.807, 2.05) is 0 Å². The van der Waals surface area contributed by atoms with Crippen LogP contribution in [0.3, 0.4) is 0 Å². The van der Waals surface area contributed by atoms with Crippen LogP contribution in [0.1, 0.15) is 19.3 Å². The molecule has 10 heteroatoms. The standard InChI is InChI=1S/C16H17Cl2N3O3S2/c1-26(23,24)21-7-3-2-4-14(21)15(22)20-16-19-13(9-25-16)11-6-5-10(17)8-12(11)18/h5-6,8-9,14H,2-4,7H2,1H3,(H,19,20,22). The van der Waals surface area contributed by atoms with E-state index in [9.17, 15) is 13.2 Å². The van der Waals surface area contributed by atoms with E-state index < -0.39 is 16.1 Å². The zero-order chi connectivity index (χ0) is 18.9. The predicted octanol–water partition coefficient (Wildman–Crippen LogP) is 3.87. The number of aromatic nitrogens is 1. The van der Waals surface area contributed by atoms with Gasteiger partial charge in [0.15, 0.2) is 5.13 Å². The van der Waals surface area contributed by atoms with E-state index in [-0.39, 0.29) is 5.91 Å². The molecule has 1 fully saturated rings. The van der Waals surface area contributed by atoms with E-state index in [0.717, 1.165) is 19.1 Å². The molecule has 1 aliphatic rings. The summed E-state index contributed by atoms with van der Waals surface area (Å²) < 4.78 is 25.1. The first-order chi connectivity index (χ1) is 12.3. The summed E-state index contributed by atoms with van der Waals surface area (Å²) in [7, 11) is -3.43. The molecule has 1 aliphatic heterocycles. The maximum atomic E-state index is 12.6. The molecule has 1 N–H and O–H groups in total. The second-order valence-electron chi connectivity index (χ2n) is 6.04. The Kier molecular flexibility index (Phi) is 5.88. The van der Waals surface area contributed by atoms with E-state index >= 15 is 0 Å². The summed E-state index contributed by atoms with van der Waals surface area (Å²) >= 11 is 13.3. The van der Waals surface area contributed by atoms with Crippen molar-refractivity contribution in [3.05, 3.63) is 33.6 Å². The molecule has 3 rings (SSSR count). The van der Waals surface area contributed by atoms with Gasteiger partial charge < -0.3 is 5.32 Å². The molecule has 0 spiro atoms. The minimum atomic E-state index is -3.43. The van der Waals surface area contributed by atoms with Crippen LogP contribution in [0, 0.1) is 0 Å². The molecule has 1 aromatic carbocycles. The van der Waals surface area contributed by atoms with Gasteiger partial charge in [-0.15, -0.1) is 11.3 Å². The number of anilines is 1. The number of thiazole rings is 1. The smallest absolute Gasteiger partial charge is 0.244 e. The van der Waals surface area contributed by atoms with Gasteiger partial charge in [-0.3, -0.25) is 4.79 Å². The highest BCUT2D eigenvalue weighted by Crippen LogP contribution is 2.32. The third kappa shape index (κ3) is 4.37. The topological polar surface area (TPSA) is 79.4 Å². The Morgan fingerprint density at radius 2 is 2.12 bits per heavy atom. The van der Waals surface area contributed by atoms with Gasteiger partial charge in [0.05, 0.1) is 17.0 Å². The number of carbonyl (C=O) groups is 1. The molecule has 2 aromatic rings. The highest BCUT2D eigenvalue weighted by Gasteiger charge is 2.34. The number of halogens is 2. The summed E-state index contributed by atoms with van der Waals surface area (Å²) in [6.07, 6.45) is 3.20. The van der Waals surface area contributed by atoms with Gasteiger partial charge in [-0.2, -0.15) is 4.31 Å². The highest BCUT2D eigenvalue weighted by atomic mass is 35.5. The van der Waals surface area contributed by atoms with Gasteiger partial charge in [0.1, 0.15) is 6.04 Å². The molecule has 1 saturated heterocycles. The Morgan fingerprint density at radius 3 is 2.81 bits per heavy atom. The molecule has 1 unspecified atom stereocenters. The van der Waals surface area contributed by atoms with Crippen molar-refractivity contribution >= 4 is 55.6 Å². The number of hydrogen-bond donors (Lipinski definition) is 1. The van der Waals surface area contributed by atoms with Crippen molar-refractivity contribution in [2.75, 3.05) is 18.1 Å². The van der Waals surface area contributed by atoms with Crippen LogP contribution < -0.4 is 5.32 Å². The largest absolute Gasteiger partial charge is 0.301 e. The minimum Gasteiger partial charge on any atom is -0.301 e. The Hall–Kier alpha value is -1.19. The van der Waals surface area contributed by atoms with E-state index in [1.54, 1.807) is 23.6 Å². The SMILES string of the molecule is CS(=O)(=O)N1CCCCC1C(=O)Nc1nc(-c2ccc(Cl)cc2Cl)cs1. The second kappa shape index (κ2) is 7.82. The van der Waals surface area contributed by atoms with Gasteiger partial charge in [0.2, 0.25) is 15.9 Å². The number of nitrogens with zero attached hydrogens (tertiary/aromatic N) is 2. The third-order valence-electron chi connectivity index (χ3n) is 4.12. The summed E-state index contributed by atoms with van der Waals surface area (Å²) in [5.41, 5.74) is 1.33. The van der Waals surface area contributed by atoms with Crippen LogP contribution in [0.5, 0.6) is 0 Å². The van der Waals surface area contributed by atoms with Crippen LogP contribution in [0.4, 0.5) is 5.13 Å². The minimum absolute atomic E-state index is 0.362. The molecular weight excluding hydrogens is 417 g/mol. The Labute approximate surface area is 166 Å². The molecule has 1 atom stereocenters. The number of hydrogen-bond acceptors (Lipinski definition) is 5. The van der Waals surface area contributed by atoms with Gasteiger partial charge in [0, 0.05) is 22.5 Å². The molecule has 2 heterocycles. The van der Waals surface area contributed by atoms with Crippen molar-refractivity contribution in [1.82, 2.24) is 9.29 Å². The van der Waals surface area contributed by atoms with Crippen LogP contribution in [-0.2, 0) is 14.8 Å². The lowest BCUT2D eigenvalue weighted by atomic mass is 10.0. The van der Waals surface area contributed by atoms with Crippen molar-refractivity contribution in [2.24, 2.45) is 0 Å². The van der Waals surface area contributed by atoms with Gasteiger partial charge in [-0.1, -0.05) is 29.6 Å². The fraction of sp³-hybridized carbons (Fsp3) is 0.375. The number of piperidine rings is 1.